The summed E-state index contributed by atoms with van der Waals surface area (Å²) in [5.41, 5.74) is 0.891. The van der Waals surface area contributed by atoms with Crippen molar-refractivity contribution in [2.24, 2.45) is 0 Å². The summed E-state index contributed by atoms with van der Waals surface area (Å²) in [7, 11) is -2.74. The monoisotopic (exact) mass is 557 g/mol. The van der Waals surface area contributed by atoms with E-state index in [1.807, 2.05) is 35.2 Å². The van der Waals surface area contributed by atoms with Gasteiger partial charge < -0.3 is 18.8 Å². The Bertz CT molecular complexity index is 1200. The number of carbonyl (C=O) groups is 1. The van der Waals surface area contributed by atoms with Gasteiger partial charge in [0.2, 0.25) is 0 Å². The topological polar surface area (TPSA) is 48.0 Å². The molecule has 5 nitrogen and oxygen atoms in total. The Morgan fingerprint density at radius 3 is 1.95 bits per heavy atom. The SMILES string of the molecule is CC1(O[C@@H]2C[C@@H](CO[Si](c3ccccc3)(c3ccccc3)C(C)(C)C)N(C(=O)OCc3ccccc3)C2)CCC1. The molecule has 3 aromatic rings. The molecule has 0 aromatic heterocycles. The molecule has 1 aliphatic heterocycles. The molecule has 1 aliphatic carbocycles. The number of carbonyl (C=O) groups excluding carboxylic acids is 1. The molecule has 0 bridgehead atoms. The summed E-state index contributed by atoms with van der Waals surface area (Å²) in [5.74, 6) is 0. The predicted molar refractivity (Wildman–Crippen MR) is 162 cm³/mol. The maximum atomic E-state index is 13.5. The molecule has 212 valence electrons. The third-order valence-electron chi connectivity index (χ3n) is 8.59. The van der Waals surface area contributed by atoms with Crippen LogP contribution in [0.15, 0.2) is 91.0 Å². The minimum absolute atomic E-state index is 0.0256. The van der Waals surface area contributed by atoms with Gasteiger partial charge in [-0.15, -0.1) is 0 Å². The van der Waals surface area contributed by atoms with Crippen molar-refractivity contribution in [2.45, 2.75) is 82.8 Å². The van der Waals surface area contributed by atoms with Crippen molar-refractivity contribution in [3.63, 3.8) is 0 Å². The summed E-state index contributed by atoms with van der Waals surface area (Å²) in [6.07, 6.45) is 3.77. The van der Waals surface area contributed by atoms with Gasteiger partial charge in [-0.1, -0.05) is 112 Å². The van der Waals surface area contributed by atoms with E-state index in [1.165, 1.54) is 16.8 Å². The summed E-state index contributed by atoms with van der Waals surface area (Å²) < 4.78 is 19.6. The van der Waals surface area contributed by atoms with E-state index in [0.717, 1.165) is 24.8 Å². The van der Waals surface area contributed by atoms with Crippen molar-refractivity contribution in [1.82, 2.24) is 4.90 Å². The molecule has 2 fully saturated rings. The lowest BCUT2D eigenvalue weighted by Crippen LogP contribution is -2.67. The second kappa shape index (κ2) is 11.9. The summed E-state index contributed by atoms with van der Waals surface area (Å²) in [4.78, 5) is 15.3. The fourth-order valence-corrected chi connectivity index (χ4v) is 10.9. The Hall–Kier alpha value is -2.93. The lowest BCUT2D eigenvalue weighted by atomic mass is 9.81. The summed E-state index contributed by atoms with van der Waals surface area (Å²) in [5, 5.41) is 2.33. The summed E-state index contributed by atoms with van der Waals surface area (Å²) in [6.45, 7) is 10.3. The van der Waals surface area contributed by atoms with Crippen molar-refractivity contribution in [2.75, 3.05) is 13.2 Å². The molecule has 2 aliphatic rings. The van der Waals surface area contributed by atoms with Crippen molar-refractivity contribution in [3.8, 4) is 0 Å². The van der Waals surface area contributed by atoms with E-state index in [0.29, 0.717) is 13.2 Å². The van der Waals surface area contributed by atoms with E-state index < -0.39 is 8.32 Å². The third-order valence-corrected chi connectivity index (χ3v) is 13.6. The van der Waals surface area contributed by atoms with E-state index in [4.69, 9.17) is 13.9 Å². The van der Waals surface area contributed by atoms with E-state index >= 15 is 0 Å². The molecule has 0 spiro atoms. The van der Waals surface area contributed by atoms with E-state index in [2.05, 4.69) is 88.4 Å². The van der Waals surface area contributed by atoms with Crippen LogP contribution in [0.1, 0.15) is 58.9 Å². The Labute approximate surface area is 240 Å². The van der Waals surface area contributed by atoms with Crippen molar-refractivity contribution in [3.05, 3.63) is 96.6 Å². The highest BCUT2D eigenvalue weighted by Crippen LogP contribution is 2.40. The first-order valence-corrected chi connectivity index (χ1v) is 16.5. The van der Waals surface area contributed by atoms with Crippen LogP contribution in [0.5, 0.6) is 0 Å². The molecule has 5 rings (SSSR count). The second-order valence-corrected chi connectivity index (χ2v) is 16.9. The molecule has 1 heterocycles. The van der Waals surface area contributed by atoms with Crippen LogP contribution < -0.4 is 10.4 Å². The number of benzene rings is 3. The van der Waals surface area contributed by atoms with Crippen LogP contribution in [0.25, 0.3) is 0 Å². The number of amides is 1. The van der Waals surface area contributed by atoms with Crippen LogP contribution in [0.3, 0.4) is 0 Å². The van der Waals surface area contributed by atoms with Crippen molar-refractivity contribution in [1.29, 1.82) is 0 Å². The minimum Gasteiger partial charge on any atom is -0.445 e. The highest BCUT2D eigenvalue weighted by atomic mass is 28.4. The zero-order chi connectivity index (χ0) is 28.2. The number of ether oxygens (including phenoxy) is 2. The number of nitrogens with zero attached hydrogens (tertiary/aromatic N) is 1. The molecule has 0 unspecified atom stereocenters. The Balaban J connectivity index is 1.41. The fourth-order valence-electron chi connectivity index (χ4n) is 6.32. The number of rotatable bonds is 9. The van der Waals surface area contributed by atoms with Gasteiger partial charge in [-0.2, -0.15) is 0 Å². The molecule has 40 heavy (non-hydrogen) atoms. The molecule has 0 radical (unpaired) electrons. The van der Waals surface area contributed by atoms with Gasteiger partial charge in [0, 0.05) is 0 Å². The second-order valence-electron chi connectivity index (χ2n) is 12.6. The highest BCUT2D eigenvalue weighted by molar-refractivity contribution is 6.99. The molecular weight excluding hydrogens is 514 g/mol. The van der Waals surface area contributed by atoms with Crippen molar-refractivity contribution >= 4 is 24.8 Å². The quantitative estimate of drug-likeness (QED) is 0.290. The van der Waals surface area contributed by atoms with Gasteiger partial charge in [-0.25, -0.2) is 4.79 Å². The van der Waals surface area contributed by atoms with Gasteiger partial charge in [-0.3, -0.25) is 0 Å². The number of likely N-dealkylation sites (tertiary alicyclic amines) is 1. The molecular formula is C34H43NO4Si. The molecule has 1 saturated heterocycles. The third kappa shape index (κ3) is 6.04. The molecule has 1 saturated carbocycles. The fraction of sp³-hybridized carbons (Fsp3) is 0.441. The van der Waals surface area contributed by atoms with Crippen LogP contribution in [0, 0.1) is 0 Å². The summed E-state index contributed by atoms with van der Waals surface area (Å²) >= 11 is 0. The zero-order valence-electron chi connectivity index (χ0n) is 24.3. The van der Waals surface area contributed by atoms with Crippen LogP contribution in [0.4, 0.5) is 4.79 Å². The molecule has 2 atom stereocenters. The van der Waals surface area contributed by atoms with Crippen molar-refractivity contribution < 1.29 is 18.7 Å². The number of hydrogen-bond donors (Lipinski definition) is 0. The lowest BCUT2D eigenvalue weighted by molar-refractivity contribution is -0.122. The van der Waals surface area contributed by atoms with Crippen LogP contribution in [-0.4, -0.2) is 50.2 Å². The Morgan fingerprint density at radius 2 is 1.45 bits per heavy atom. The van der Waals surface area contributed by atoms with E-state index in [-0.39, 0.29) is 35.5 Å². The smallest absolute Gasteiger partial charge is 0.410 e. The molecule has 6 heteroatoms. The first kappa shape index (κ1) is 28.6. The number of hydrogen-bond acceptors (Lipinski definition) is 4. The van der Waals surface area contributed by atoms with Gasteiger partial charge in [0.05, 0.1) is 30.9 Å². The first-order valence-electron chi connectivity index (χ1n) is 14.6. The predicted octanol–water partition coefficient (Wildman–Crippen LogP) is 6.30. The minimum atomic E-state index is -2.74. The highest BCUT2D eigenvalue weighted by Gasteiger charge is 2.51. The van der Waals surface area contributed by atoms with E-state index in [1.54, 1.807) is 0 Å². The van der Waals surface area contributed by atoms with Gasteiger partial charge in [0.15, 0.2) is 0 Å². The van der Waals surface area contributed by atoms with Crippen LogP contribution in [0.2, 0.25) is 5.04 Å². The average Bonchev–Trinajstić information content (AvgIpc) is 3.34. The maximum absolute atomic E-state index is 13.5. The molecule has 1 amide bonds. The van der Waals surface area contributed by atoms with E-state index in [9.17, 15) is 4.79 Å². The lowest BCUT2D eigenvalue weighted by Gasteiger charge is -2.44. The van der Waals surface area contributed by atoms with Crippen LogP contribution >= 0.6 is 0 Å². The zero-order valence-corrected chi connectivity index (χ0v) is 25.3. The Morgan fingerprint density at radius 1 is 0.900 bits per heavy atom. The van der Waals surface area contributed by atoms with Gasteiger partial charge in [-0.05, 0) is 53.6 Å². The van der Waals surface area contributed by atoms with Gasteiger partial charge in [0.1, 0.15) is 6.61 Å². The average molecular weight is 558 g/mol. The normalized spacial score (nSPS) is 20.6. The maximum Gasteiger partial charge on any atom is 0.410 e. The Kier molecular flexibility index (Phi) is 8.50. The summed E-state index contributed by atoms with van der Waals surface area (Å²) in [6, 6.07) is 31.0. The van der Waals surface area contributed by atoms with Gasteiger partial charge >= 0.3 is 6.09 Å². The standard InChI is InChI=1S/C34H43NO4Si/c1-33(2,3)40(30-17-10-6-11-18-30,31-19-12-7-13-20-31)38-26-28-23-29(39-34(4)21-14-22-34)24-35(28)32(36)37-25-27-15-8-5-9-16-27/h5-13,15-20,28-29H,14,21-26H2,1-4H3/t28-,29+/m0/s1. The molecule has 3 aromatic carbocycles. The van der Waals surface area contributed by atoms with Crippen LogP contribution in [-0.2, 0) is 20.5 Å². The largest absolute Gasteiger partial charge is 0.445 e. The molecule has 0 N–H and O–H groups in total. The first-order chi connectivity index (χ1) is 19.2. The van der Waals surface area contributed by atoms with Gasteiger partial charge in [0.25, 0.3) is 8.32 Å².